The molecule has 13 heavy (non-hydrogen) atoms. The highest BCUT2D eigenvalue weighted by atomic mass is 14.9. The predicted octanol–water partition coefficient (Wildman–Crippen LogP) is 2.14. The molecule has 0 aliphatic rings. The van der Waals surface area contributed by atoms with Crippen molar-refractivity contribution in [2.45, 2.75) is 59.0 Å². The van der Waals surface area contributed by atoms with Gasteiger partial charge in [0, 0.05) is 11.6 Å². The first-order valence-corrected chi connectivity index (χ1v) is 5.13. The molecule has 0 bridgehead atoms. The highest BCUT2D eigenvalue weighted by molar-refractivity contribution is 4.85. The van der Waals surface area contributed by atoms with Crippen molar-refractivity contribution in [3.63, 3.8) is 0 Å². The van der Waals surface area contributed by atoms with Crippen LogP contribution in [0.15, 0.2) is 0 Å². The smallest absolute Gasteiger partial charge is 0.0127 e. The third-order valence-electron chi connectivity index (χ3n) is 2.47. The largest absolute Gasteiger partial charge is 0.328 e. The van der Waals surface area contributed by atoms with E-state index in [1.807, 2.05) is 7.05 Å². The van der Waals surface area contributed by atoms with Gasteiger partial charge in [0.2, 0.25) is 0 Å². The molecule has 0 aromatic rings. The Morgan fingerprint density at radius 3 is 2.00 bits per heavy atom. The van der Waals surface area contributed by atoms with Crippen LogP contribution in [0.3, 0.4) is 0 Å². The van der Waals surface area contributed by atoms with E-state index in [9.17, 15) is 0 Å². The zero-order valence-electron chi connectivity index (χ0n) is 10.1. The van der Waals surface area contributed by atoms with Crippen LogP contribution >= 0.6 is 0 Å². The summed E-state index contributed by atoms with van der Waals surface area (Å²) in [6.07, 6.45) is 2.23. The van der Waals surface area contributed by atoms with Crippen LogP contribution in [0.2, 0.25) is 0 Å². The maximum atomic E-state index is 5.82. The normalized spacial score (nSPS) is 15.9. The number of nitrogens with two attached hydrogens (primary N) is 1. The van der Waals surface area contributed by atoms with Crippen molar-refractivity contribution in [1.82, 2.24) is 5.32 Å². The fourth-order valence-electron chi connectivity index (χ4n) is 2.23. The van der Waals surface area contributed by atoms with Crippen LogP contribution < -0.4 is 11.1 Å². The molecular formula is C11H26N2. The van der Waals surface area contributed by atoms with Gasteiger partial charge in [0.15, 0.2) is 0 Å². The van der Waals surface area contributed by atoms with E-state index < -0.39 is 0 Å². The lowest BCUT2D eigenvalue weighted by Gasteiger charge is -2.35. The van der Waals surface area contributed by atoms with Crippen LogP contribution in [0.4, 0.5) is 0 Å². The third kappa shape index (κ3) is 6.05. The molecule has 3 N–H and O–H groups in total. The van der Waals surface area contributed by atoms with E-state index in [-0.39, 0.29) is 5.54 Å². The summed E-state index contributed by atoms with van der Waals surface area (Å²) in [6, 6.07) is 0.294. The zero-order valence-corrected chi connectivity index (χ0v) is 10.1. The second-order valence-corrected chi connectivity index (χ2v) is 5.66. The molecule has 2 nitrogen and oxygen atoms in total. The number of hydrogen-bond acceptors (Lipinski definition) is 2. The average Bonchev–Trinajstić information content (AvgIpc) is 1.81. The highest BCUT2D eigenvalue weighted by Gasteiger charge is 2.28. The minimum atomic E-state index is 0.207. The molecule has 0 spiro atoms. The molecule has 0 saturated carbocycles. The van der Waals surface area contributed by atoms with Gasteiger partial charge in [-0.25, -0.2) is 0 Å². The van der Waals surface area contributed by atoms with Crippen LogP contribution in [0.5, 0.6) is 0 Å². The molecule has 0 fully saturated rings. The molecule has 80 valence electrons. The standard InChI is InChI=1S/C11H26N2/c1-9(12)7-10(2,3)8-11(4,5)13-6/h9,13H,7-8,12H2,1-6H3. The Labute approximate surface area is 83.3 Å². The molecule has 0 heterocycles. The summed E-state index contributed by atoms with van der Waals surface area (Å²) in [4.78, 5) is 0. The Bertz CT molecular complexity index is 148. The summed E-state index contributed by atoms with van der Waals surface area (Å²) >= 11 is 0. The maximum absolute atomic E-state index is 5.82. The van der Waals surface area contributed by atoms with Crippen molar-refractivity contribution in [1.29, 1.82) is 0 Å². The van der Waals surface area contributed by atoms with E-state index in [1.54, 1.807) is 0 Å². The monoisotopic (exact) mass is 186 g/mol. The van der Waals surface area contributed by atoms with Gasteiger partial charge >= 0.3 is 0 Å². The zero-order chi connectivity index (χ0) is 10.7. The summed E-state index contributed by atoms with van der Waals surface area (Å²) < 4.78 is 0. The van der Waals surface area contributed by atoms with Gasteiger partial charge in [-0.2, -0.15) is 0 Å². The SMILES string of the molecule is CNC(C)(C)CC(C)(C)CC(C)N. The van der Waals surface area contributed by atoms with Crippen molar-refractivity contribution >= 4 is 0 Å². The fourth-order valence-corrected chi connectivity index (χ4v) is 2.23. The molecule has 1 unspecified atom stereocenters. The summed E-state index contributed by atoms with van der Waals surface area (Å²) in [5, 5.41) is 3.33. The third-order valence-corrected chi connectivity index (χ3v) is 2.47. The molecule has 0 aliphatic heterocycles. The van der Waals surface area contributed by atoms with Crippen molar-refractivity contribution in [3.8, 4) is 0 Å². The van der Waals surface area contributed by atoms with Gasteiger partial charge in [0.1, 0.15) is 0 Å². The van der Waals surface area contributed by atoms with E-state index in [0.29, 0.717) is 11.5 Å². The van der Waals surface area contributed by atoms with Crippen LogP contribution in [-0.2, 0) is 0 Å². The van der Waals surface area contributed by atoms with E-state index >= 15 is 0 Å². The van der Waals surface area contributed by atoms with Crippen molar-refractivity contribution in [2.75, 3.05) is 7.05 Å². The molecule has 0 aromatic carbocycles. The van der Waals surface area contributed by atoms with Crippen LogP contribution in [0.1, 0.15) is 47.5 Å². The first-order valence-electron chi connectivity index (χ1n) is 5.13. The number of rotatable bonds is 5. The molecule has 0 amide bonds. The summed E-state index contributed by atoms with van der Waals surface area (Å²) in [7, 11) is 2.02. The van der Waals surface area contributed by atoms with Gasteiger partial charge < -0.3 is 11.1 Å². The quantitative estimate of drug-likeness (QED) is 0.690. The Morgan fingerprint density at radius 2 is 1.69 bits per heavy atom. The molecular weight excluding hydrogens is 160 g/mol. The molecule has 0 aromatic heterocycles. The lowest BCUT2D eigenvalue weighted by molar-refractivity contribution is 0.207. The molecule has 1 atom stereocenters. The lowest BCUT2D eigenvalue weighted by Crippen LogP contribution is -2.41. The van der Waals surface area contributed by atoms with Crippen LogP contribution in [-0.4, -0.2) is 18.6 Å². The summed E-state index contributed by atoms with van der Waals surface area (Å²) in [6.45, 7) is 11.1. The van der Waals surface area contributed by atoms with Gasteiger partial charge in [0.05, 0.1) is 0 Å². The van der Waals surface area contributed by atoms with E-state index in [2.05, 4.69) is 39.9 Å². The summed E-state index contributed by atoms with van der Waals surface area (Å²) in [5.41, 5.74) is 6.35. The molecule has 0 rings (SSSR count). The molecule has 0 radical (unpaired) electrons. The molecule has 2 heteroatoms. The number of hydrogen-bond donors (Lipinski definition) is 2. The minimum Gasteiger partial charge on any atom is -0.328 e. The maximum Gasteiger partial charge on any atom is 0.0127 e. The Hall–Kier alpha value is -0.0800. The first-order chi connectivity index (χ1) is 5.68. The average molecular weight is 186 g/mol. The molecule has 0 aliphatic carbocycles. The van der Waals surface area contributed by atoms with Gasteiger partial charge in [0.25, 0.3) is 0 Å². The van der Waals surface area contributed by atoms with Gasteiger partial charge in [-0.15, -0.1) is 0 Å². The second-order valence-electron chi connectivity index (χ2n) is 5.66. The van der Waals surface area contributed by atoms with E-state index in [1.165, 1.54) is 0 Å². The van der Waals surface area contributed by atoms with Gasteiger partial charge in [-0.05, 0) is 46.1 Å². The first kappa shape index (κ1) is 12.9. The van der Waals surface area contributed by atoms with E-state index in [4.69, 9.17) is 5.73 Å². The van der Waals surface area contributed by atoms with Gasteiger partial charge in [-0.1, -0.05) is 13.8 Å². The Morgan fingerprint density at radius 1 is 1.23 bits per heavy atom. The highest BCUT2D eigenvalue weighted by Crippen LogP contribution is 2.31. The fraction of sp³-hybridized carbons (Fsp3) is 1.00. The van der Waals surface area contributed by atoms with Gasteiger partial charge in [-0.3, -0.25) is 0 Å². The number of nitrogens with one attached hydrogen (secondary N) is 1. The van der Waals surface area contributed by atoms with Crippen LogP contribution in [0, 0.1) is 5.41 Å². The predicted molar refractivity (Wildman–Crippen MR) is 59.8 cm³/mol. The summed E-state index contributed by atoms with van der Waals surface area (Å²) in [5.74, 6) is 0. The Kier molecular flexibility index (Phi) is 4.40. The van der Waals surface area contributed by atoms with E-state index in [0.717, 1.165) is 12.8 Å². The second kappa shape index (κ2) is 4.43. The lowest BCUT2D eigenvalue weighted by atomic mass is 9.76. The Balaban J connectivity index is 4.16. The van der Waals surface area contributed by atoms with Crippen molar-refractivity contribution in [2.24, 2.45) is 11.1 Å². The van der Waals surface area contributed by atoms with Crippen molar-refractivity contribution in [3.05, 3.63) is 0 Å². The minimum absolute atomic E-state index is 0.207. The molecule has 0 saturated heterocycles. The van der Waals surface area contributed by atoms with Crippen molar-refractivity contribution < 1.29 is 0 Å². The topological polar surface area (TPSA) is 38.0 Å². The van der Waals surface area contributed by atoms with Crippen LogP contribution in [0.25, 0.3) is 0 Å².